The third-order valence-electron chi connectivity index (χ3n) is 2.93. The van der Waals surface area contributed by atoms with E-state index in [1.54, 1.807) is 4.90 Å². The number of hydrogen-bond donors (Lipinski definition) is 1. The molecule has 4 heteroatoms. The highest BCUT2D eigenvalue weighted by Crippen LogP contribution is 2.09. The van der Waals surface area contributed by atoms with Crippen LogP contribution in [0.15, 0.2) is 24.3 Å². The van der Waals surface area contributed by atoms with Gasteiger partial charge in [-0.2, -0.15) is 0 Å². The van der Waals surface area contributed by atoms with E-state index in [9.17, 15) is 9.59 Å². The molecule has 1 heterocycles. The lowest BCUT2D eigenvalue weighted by Crippen LogP contribution is -2.49. The number of amides is 2. The van der Waals surface area contributed by atoms with E-state index in [-0.39, 0.29) is 18.4 Å². The summed E-state index contributed by atoms with van der Waals surface area (Å²) in [4.78, 5) is 24.9. The molecule has 2 amide bonds. The maximum Gasteiger partial charge on any atom is 0.254 e. The molecule has 0 unspecified atom stereocenters. The van der Waals surface area contributed by atoms with Gasteiger partial charge in [-0.15, -0.1) is 0 Å². The highest BCUT2D eigenvalue weighted by molar-refractivity contribution is 5.97. The summed E-state index contributed by atoms with van der Waals surface area (Å²) in [5.74, 6) is -0.155. The van der Waals surface area contributed by atoms with Gasteiger partial charge in [-0.05, 0) is 24.1 Å². The Hall–Kier alpha value is -1.84. The van der Waals surface area contributed by atoms with Crippen LogP contribution in [-0.4, -0.2) is 36.3 Å². The standard InChI is InChI=1S/C13H16N2O2/c1-2-10-3-5-11(6-4-10)13(17)15-8-7-14-12(16)9-15/h3-6H,2,7-9H2,1H3,(H,14,16). The summed E-state index contributed by atoms with van der Waals surface area (Å²) < 4.78 is 0. The number of rotatable bonds is 2. The Morgan fingerprint density at radius 3 is 2.65 bits per heavy atom. The molecule has 2 rings (SSSR count). The van der Waals surface area contributed by atoms with Gasteiger partial charge in [0, 0.05) is 18.7 Å². The zero-order valence-electron chi connectivity index (χ0n) is 9.90. The van der Waals surface area contributed by atoms with Crippen LogP contribution in [0.1, 0.15) is 22.8 Å². The minimum atomic E-state index is -0.0882. The van der Waals surface area contributed by atoms with Crippen LogP contribution in [0.2, 0.25) is 0 Å². The highest BCUT2D eigenvalue weighted by Gasteiger charge is 2.21. The third-order valence-corrected chi connectivity index (χ3v) is 2.93. The summed E-state index contributed by atoms with van der Waals surface area (Å²) in [6.45, 7) is 3.36. The van der Waals surface area contributed by atoms with Crippen molar-refractivity contribution in [2.45, 2.75) is 13.3 Å². The Morgan fingerprint density at radius 1 is 1.35 bits per heavy atom. The van der Waals surface area contributed by atoms with E-state index in [1.165, 1.54) is 5.56 Å². The van der Waals surface area contributed by atoms with E-state index in [0.29, 0.717) is 18.7 Å². The fourth-order valence-electron chi connectivity index (χ4n) is 1.88. The second-order valence-electron chi connectivity index (χ2n) is 4.13. The first kappa shape index (κ1) is 11.6. The molecule has 1 N–H and O–H groups in total. The van der Waals surface area contributed by atoms with Gasteiger partial charge in [0.2, 0.25) is 5.91 Å². The molecule has 0 bridgehead atoms. The second kappa shape index (κ2) is 4.99. The van der Waals surface area contributed by atoms with Crippen molar-refractivity contribution < 1.29 is 9.59 Å². The summed E-state index contributed by atoms with van der Waals surface area (Å²) in [6.07, 6.45) is 0.959. The molecule has 0 saturated carbocycles. The maximum atomic E-state index is 12.1. The molecule has 0 atom stereocenters. The van der Waals surface area contributed by atoms with Crippen molar-refractivity contribution in [2.75, 3.05) is 19.6 Å². The first-order valence-corrected chi connectivity index (χ1v) is 5.85. The Labute approximate surface area is 101 Å². The van der Waals surface area contributed by atoms with Crippen molar-refractivity contribution in [3.63, 3.8) is 0 Å². The monoisotopic (exact) mass is 232 g/mol. The lowest BCUT2D eigenvalue weighted by molar-refractivity contribution is -0.123. The topological polar surface area (TPSA) is 49.4 Å². The van der Waals surface area contributed by atoms with Crippen molar-refractivity contribution in [1.29, 1.82) is 0 Å². The molecule has 1 aliphatic rings. The molecule has 1 aromatic rings. The van der Waals surface area contributed by atoms with E-state index in [1.807, 2.05) is 24.3 Å². The Morgan fingerprint density at radius 2 is 2.06 bits per heavy atom. The van der Waals surface area contributed by atoms with Crippen LogP contribution in [0.5, 0.6) is 0 Å². The number of hydrogen-bond acceptors (Lipinski definition) is 2. The normalized spacial score (nSPS) is 15.6. The van der Waals surface area contributed by atoms with E-state index < -0.39 is 0 Å². The minimum Gasteiger partial charge on any atom is -0.353 e. The molecule has 0 spiro atoms. The number of benzene rings is 1. The highest BCUT2D eigenvalue weighted by atomic mass is 16.2. The molecule has 0 aliphatic carbocycles. The predicted octanol–water partition coefficient (Wildman–Crippen LogP) is 0.821. The third kappa shape index (κ3) is 2.64. The average Bonchev–Trinajstić information content (AvgIpc) is 2.38. The number of carbonyl (C=O) groups excluding carboxylic acids is 2. The van der Waals surface area contributed by atoms with Crippen molar-refractivity contribution in [1.82, 2.24) is 10.2 Å². The predicted molar refractivity (Wildman–Crippen MR) is 64.7 cm³/mol. The van der Waals surface area contributed by atoms with Crippen LogP contribution in [0.4, 0.5) is 0 Å². The number of piperazine rings is 1. The van der Waals surface area contributed by atoms with E-state index in [2.05, 4.69) is 12.2 Å². The number of aryl methyl sites for hydroxylation is 1. The van der Waals surface area contributed by atoms with Gasteiger partial charge in [-0.1, -0.05) is 19.1 Å². The van der Waals surface area contributed by atoms with Crippen LogP contribution in [0.3, 0.4) is 0 Å². The van der Waals surface area contributed by atoms with Gasteiger partial charge < -0.3 is 10.2 Å². The molecule has 4 nitrogen and oxygen atoms in total. The van der Waals surface area contributed by atoms with Crippen LogP contribution >= 0.6 is 0 Å². The lowest BCUT2D eigenvalue weighted by atomic mass is 10.1. The number of carbonyl (C=O) groups is 2. The summed E-state index contributed by atoms with van der Waals surface area (Å²) in [5, 5.41) is 2.70. The Balaban J connectivity index is 2.10. The van der Waals surface area contributed by atoms with Gasteiger partial charge >= 0.3 is 0 Å². The number of nitrogens with one attached hydrogen (secondary N) is 1. The Bertz CT molecular complexity index is 426. The molecule has 1 aromatic carbocycles. The molecule has 0 aromatic heterocycles. The SMILES string of the molecule is CCc1ccc(C(=O)N2CCNC(=O)C2)cc1. The van der Waals surface area contributed by atoms with Crippen molar-refractivity contribution in [3.8, 4) is 0 Å². The van der Waals surface area contributed by atoms with Crippen LogP contribution in [0.25, 0.3) is 0 Å². The van der Waals surface area contributed by atoms with Gasteiger partial charge in [0.25, 0.3) is 5.91 Å². The molecular formula is C13H16N2O2. The summed E-state index contributed by atoms with van der Waals surface area (Å²) in [5.41, 5.74) is 1.86. The van der Waals surface area contributed by atoms with Crippen LogP contribution in [-0.2, 0) is 11.2 Å². The van der Waals surface area contributed by atoms with Crippen molar-refractivity contribution in [2.24, 2.45) is 0 Å². The quantitative estimate of drug-likeness (QED) is 0.820. The van der Waals surface area contributed by atoms with Crippen molar-refractivity contribution in [3.05, 3.63) is 35.4 Å². The van der Waals surface area contributed by atoms with Gasteiger partial charge in [-0.25, -0.2) is 0 Å². The first-order chi connectivity index (χ1) is 8.20. The summed E-state index contributed by atoms with van der Waals surface area (Å²) in [6, 6.07) is 7.57. The smallest absolute Gasteiger partial charge is 0.254 e. The molecule has 17 heavy (non-hydrogen) atoms. The summed E-state index contributed by atoms with van der Waals surface area (Å²) >= 11 is 0. The minimum absolute atomic E-state index is 0.0671. The molecule has 1 aliphatic heterocycles. The largest absolute Gasteiger partial charge is 0.353 e. The van der Waals surface area contributed by atoms with Crippen molar-refractivity contribution >= 4 is 11.8 Å². The fraction of sp³-hybridized carbons (Fsp3) is 0.385. The van der Waals surface area contributed by atoms with Crippen LogP contribution in [0, 0.1) is 0 Å². The van der Waals surface area contributed by atoms with E-state index in [0.717, 1.165) is 6.42 Å². The van der Waals surface area contributed by atoms with Gasteiger partial charge in [0.15, 0.2) is 0 Å². The first-order valence-electron chi connectivity index (χ1n) is 5.85. The molecule has 1 saturated heterocycles. The Kier molecular flexibility index (Phi) is 3.42. The van der Waals surface area contributed by atoms with Crippen LogP contribution < -0.4 is 5.32 Å². The lowest BCUT2D eigenvalue weighted by Gasteiger charge is -2.26. The van der Waals surface area contributed by atoms with Gasteiger partial charge in [-0.3, -0.25) is 9.59 Å². The average molecular weight is 232 g/mol. The molecular weight excluding hydrogens is 216 g/mol. The zero-order chi connectivity index (χ0) is 12.3. The van der Waals surface area contributed by atoms with E-state index >= 15 is 0 Å². The fourth-order valence-corrected chi connectivity index (χ4v) is 1.88. The molecule has 90 valence electrons. The molecule has 0 radical (unpaired) electrons. The van der Waals surface area contributed by atoms with Gasteiger partial charge in [0.1, 0.15) is 0 Å². The van der Waals surface area contributed by atoms with Gasteiger partial charge in [0.05, 0.1) is 6.54 Å². The second-order valence-corrected chi connectivity index (χ2v) is 4.13. The molecule has 1 fully saturated rings. The zero-order valence-corrected chi connectivity index (χ0v) is 9.90. The number of nitrogens with zero attached hydrogens (tertiary/aromatic N) is 1. The van der Waals surface area contributed by atoms with E-state index in [4.69, 9.17) is 0 Å². The summed E-state index contributed by atoms with van der Waals surface area (Å²) in [7, 11) is 0. The maximum absolute atomic E-state index is 12.1.